The van der Waals surface area contributed by atoms with Crippen LogP contribution >= 0.6 is 0 Å². The Hall–Kier alpha value is -3.15. The van der Waals surface area contributed by atoms with Gasteiger partial charge >= 0.3 is 0 Å². The molecule has 1 unspecified atom stereocenters. The molecule has 138 valence electrons. The van der Waals surface area contributed by atoms with Crippen molar-refractivity contribution in [2.24, 2.45) is 11.7 Å². The number of carbonyl (C=O) groups is 1. The third-order valence-corrected chi connectivity index (χ3v) is 4.25. The Kier molecular flexibility index (Phi) is 6.49. The number of hydrogen-bond acceptors (Lipinski definition) is 4. The molecule has 2 aromatic rings. The van der Waals surface area contributed by atoms with E-state index < -0.39 is 0 Å². The van der Waals surface area contributed by atoms with Crippen molar-refractivity contribution in [3.63, 3.8) is 0 Å². The lowest BCUT2D eigenvalue weighted by atomic mass is 10.1. The van der Waals surface area contributed by atoms with Gasteiger partial charge in [0.15, 0.2) is 0 Å². The summed E-state index contributed by atoms with van der Waals surface area (Å²) in [4.78, 5) is 15.7. The SMILES string of the molecule is C=CC(=O)N1CCC(C)C1.N/C(=C\c1cc[nH]c1N)c1ccccc1O. The number of nitrogens with one attached hydrogen (secondary N) is 1. The largest absolute Gasteiger partial charge is 0.507 e. The third kappa shape index (κ3) is 4.92. The zero-order chi connectivity index (χ0) is 19.1. The lowest BCUT2D eigenvalue weighted by Gasteiger charge is -2.11. The van der Waals surface area contributed by atoms with Crippen molar-refractivity contribution >= 4 is 23.5 Å². The van der Waals surface area contributed by atoms with Crippen LogP contribution in [0, 0.1) is 5.92 Å². The summed E-state index contributed by atoms with van der Waals surface area (Å²) < 4.78 is 0. The van der Waals surface area contributed by atoms with E-state index >= 15 is 0 Å². The topological polar surface area (TPSA) is 108 Å². The zero-order valence-electron chi connectivity index (χ0n) is 15.0. The maximum Gasteiger partial charge on any atom is 0.245 e. The van der Waals surface area contributed by atoms with E-state index in [0.717, 1.165) is 25.1 Å². The molecule has 6 N–H and O–H groups in total. The van der Waals surface area contributed by atoms with Crippen LogP contribution in [0.1, 0.15) is 24.5 Å². The molecule has 1 aliphatic rings. The highest BCUT2D eigenvalue weighted by atomic mass is 16.3. The summed E-state index contributed by atoms with van der Waals surface area (Å²) in [6, 6.07) is 8.73. The third-order valence-electron chi connectivity index (χ3n) is 4.25. The number of aromatic hydroxyl groups is 1. The molecule has 2 heterocycles. The molecule has 1 atom stereocenters. The number of benzene rings is 1. The van der Waals surface area contributed by atoms with Crippen LogP contribution in [0.15, 0.2) is 49.2 Å². The van der Waals surface area contributed by atoms with Gasteiger partial charge in [-0.15, -0.1) is 0 Å². The van der Waals surface area contributed by atoms with Crippen molar-refractivity contribution in [1.29, 1.82) is 0 Å². The fraction of sp³-hybridized carbons (Fsp3) is 0.250. The summed E-state index contributed by atoms with van der Waals surface area (Å²) in [7, 11) is 0. The first-order chi connectivity index (χ1) is 12.4. The van der Waals surface area contributed by atoms with Gasteiger partial charge in [-0.1, -0.05) is 25.6 Å². The Bertz CT molecular complexity index is 795. The van der Waals surface area contributed by atoms with Crippen LogP contribution in [0.5, 0.6) is 5.75 Å². The number of para-hydroxylation sites is 1. The number of aromatic nitrogens is 1. The maximum atomic E-state index is 11.0. The van der Waals surface area contributed by atoms with E-state index in [1.165, 1.54) is 6.08 Å². The van der Waals surface area contributed by atoms with E-state index in [9.17, 15) is 9.90 Å². The van der Waals surface area contributed by atoms with E-state index in [2.05, 4.69) is 18.5 Å². The summed E-state index contributed by atoms with van der Waals surface area (Å²) in [5.41, 5.74) is 13.5. The Balaban J connectivity index is 0.000000209. The molecule has 0 bridgehead atoms. The molecule has 1 amide bonds. The number of H-pyrrole nitrogens is 1. The minimum atomic E-state index is 0.0735. The van der Waals surface area contributed by atoms with Crippen molar-refractivity contribution in [2.75, 3.05) is 18.8 Å². The Labute approximate surface area is 153 Å². The zero-order valence-corrected chi connectivity index (χ0v) is 15.0. The monoisotopic (exact) mass is 354 g/mol. The van der Waals surface area contributed by atoms with Gasteiger partial charge in [0.25, 0.3) is 0 Å². The van der Waals surface area contributed by atoms with Crippen LogP contribution in [-0.4, -0.2) is 34.0 Å². The predicted octanol–water partition coefficient (Wildman–Crippen LogP) is 2.80. The molecule has 1 aromatic heterocycles. The highest BCUT2D eigenvalue weighted by Gasteiger charge is 2.20. The lowest BCUT2D eigenvalue weighted by molar-refractivity contribution is -0.125. The standard InChI is InChI=1S/C12H13N3O.C8H13NO/c13-10(7-8-5-6-15-12(8)14)9-3-1-2-4-11(9)16;1-3-8(10)9-5-4-7(2)6-9/h1-7,15-16H,13-14H2;3,7H,1,4-6H2,2H3/b10-7-;. The highest BCUT2D eigenvalue weighted by molar-refractivity contribution is 5.87. The number of anilines is 1. The minimum absolute atomic E-state index is 0.0735. The summed E-state index contributed by atoms with van der Waals surface area (Å²) in [6.07, 6.45) is 5.98. The van der Waals surface area contributed by atoms with Gasteiger partial charge in [0.1, 0.15) is 11.6 Å². The quantitative estimate of drug-likeness (QED) is 0.636. The molecule has 0 saturated carbocycles. The number of phenolic OH excluding ortho intramolecular Hbond substituents is 1. The average molecular weight is 354 g/mol. The smallest absolute Gasteiger partial charge is 0.245 e. The van der Waals surface area contributed by atoms with Gasteiger partial charge in [0.05, 0.1) is 0 Å². The van der Waals surface area contributed by atoms with Crippen molar-refractivity contribution < 1.29 is 9.90 Å². The first-order valence-corrected chi connectivity index (χ1v) is 8.52. The molecular weight excluding hydrogens is 328 g/mol. The van der Waals surface area contributed by atoms with E-state index in [0.29, 0.717) is 23.0 Å². The fourth-order valence-electron chi connectivity index (χ4n) is 2.75. The van der Waals surface area contributed by atoms with Crippen molar-refractivity contribution in [1.82, 2.24) is 9.88 Å². The van der Waals surface area contributed by atoms with Crippen LogP contribution in [0.4, 0.5) is 5.82 Å². The summed E-state index contributed by atoms with van der Waals surface area (Å²) in [5.74, 6) is 1.46. The van der Waals surface area contributed by atoms with Gasteiger partial charge in [-0.05, 0) is 42.7 Å². The summed E-state index contributed by atoms with van der Waals surface area (Å²) in [5, 5.41) is 9.62. The molecule has 0 aliphatic carbocycles. The first-order valence-electron chi connectivity index (χ1n) is 8.52. The molecule has 0 spiro atoms. The number of carbonyl (C=O) groups excluding carboxylic acids is 1. The number of hydrogen-bond donors (Lipinski definition) is 4. The Morgan fingerprint density at radius 1 is 1.38 bits per heavy atom. The predicted molar refractivity (Wildman–Crippen MR) is 106 cm³/mol. The number of likely N-dealkylation sites (tertiary alicyclic amines) is 1. The molecule has 0 radical (unpaired) electrons. The molecule has 6 heteroatoms. The molecule has 3 rings (SSSR count). The van der Waals surface area contributed by atoms with Gasteiger partial charge in [-0.25, -0.2) is 0 Å². The van der Waals surface area contributed by atoms with Gasteiger partial charge in [-0.2, -0.15) is 0 Å². The van der Waals surface area contributed by atoms with Gasteiger partial charge in [0, 0.05) is 36.1 Å². The number of phenols is 1. The molecular formula is C20H26N4O2. The van der Waals surface area contributed by atoms with Crippen LogP contribution in [0.3, 0.4) is 0 Å². The van der Waals surface area contributed by atoms with Gasteiger partial charge < -0.3 is 26.5 Å². The van der Waals surface area contributed by atoms with Crippen molar-refractivity contribution in [3.05, 3.63) is 60.3 Å². The second-order valence-corrected chi connectivity index (χ2v) is 6.35. The number of nitrogen functional groups attached to an aromatic ring is 1. The average Bonchev–Trinajstić information content (AvgIpc) is 3.24. The Morgan fingerprint density at radius 2 is 2.12 bits per heavy atom. The highest BCUT2D eigenvalue weighted by Crippen LogP contribution is 2.24. The molecule has 1 aromatic carbocycles. The van der Waals surface area contributed by atoms with Crippen LogP contribution in [0.2, 0.25) is 0 Å². The van der Waals surface area contributed by atoms with E-state index in [4.69, 9.17) is 11.5 Å². The second kappa shape index (κ2) is 8.80. The van der Waals surface area contributed by atoms with Crippen LogP contribution < -0.4 is 11.5 Å². The Morgan fingerprint density at radius 3 is 2.65 bits per heavy atom. The van der Waals surface area contributed by atoms with E-state index in [1.54, 1.807) is 30.5 Å². The second-order valence-electron chi connectivity index (χ2n) is 6.35. The number of nitrogens with zero attached hydrogens (tertiary/aromatic N) is 1. The van der Waals surface area contributed by atoms with Crippen LogP contribution in [0.25, 0.3) is 11.8 Å². The van der Waals surface area contributed by atoms with E-state index in [-0.39, 0.29) is 11.7 Å². The molecule has 1 fully saturated rings. The minimum Gasteiger partial charge on any atom is -0.507 e. The van der Waals surface area contributed by atoms with Crippen LogP contribution in [-0.2, 0) is 4.79 Å². The summed E-state index contributed by atoms with van der Waals surface area (Å²) in [6.45, 7) is 7.42. The maximum absolute atomic E-state index is 11.0. The van der Waals surface area contributed by atoms with Gasteiger partial charge in [0.2, 0.25) is 5.91 Å². The fourth-order valence-corrected chi connectivity index (χ4v) is 2.75. The van der Waals surface area contributed by atoms with Crippen molar-refractivity contribution in [3.8, 4) is 5.75 Å². The van der Waals surface area contributed by atoms with Crippen molar-refractivity contribution in [2.45, 2.75) is 13.3 Å². The lowest BCUT2D eigenvalue weighted by Crippen LogP contribution is -2.26. The first kappa shape index (κ1) is 19.2. The number of rotatable bonds is 3. The molecule has 26 heavy (non-hydrogen) atoms. The number of amides is 1. The molecule has 6 nitrogen and oxygen atoms in total. The van der Waals surface area contributed by atoms with E-state index in [1.807, 2.05) is 17.0 Å². The molecule has 1 aliphatic heterocycles. The molecule has 1 saturated heterocycles. The number of nitrogens with two attached hydrogens (primary N) is 2. The van der Waals surface area contributed by atoms with Gasteiger partial charge in [-0.3, -0.25) is 4.79 Å². The normalized spacial score (nSPS) is 16.7. The summed E-state index contributed by atoms with van der Waals surface area (Å²) >= 11 is 0. The number of aromatic amines is 1.